The lowest BCUT2D eigenvalue weighted by atomic mass is 10.0. The van der Waals surface area contributed by atoms with Crippen molar-refractivity contribution in [2.45, 2.75) is 103 Å². The SMILES string of the molecule is CC(C)(C)OC(=O)[C@@H]1CCCCC/C=C\CCCC(=O)N[C@@H](CC(=O)OCc2ccccc2)C(=O)N1. The second kappa shape index (κ2) is 15.1. The van der Waals surface area contributed by atoms with Crippen LogP contribution in [0.15, 0.2) is 42.5 Å². The van der Waals surface area contributed by atoms with E-state index in [2.05, 4.69) is 22.8 Å². The molecule has 2 amide bonds. The van der Waals surface area contributed by atoms with Gasteiger partial charge in [-0.2, -0.15) is 0 Å². The number of ether oxygens (including phenoxy) is 2. The van der Waals surface area contributed by atoms with Crippen molar-refractivity contribution in [1.29, 1.82) is 0 Å². The van der Waals surface area contributed by atoms with Gasteiger partial charge < -0.3 is 20.1 Å². The minimum absolute atomic E-state index is 0.0643. The second-order valence-electron chi connectivity index (χ2n) is 10.1. The number of allylic oxidation sites excluding steroid dienone is 2. The standard InChI is InChI=1S/C28H40N2O6/c1-28(2,3)36-27(34)22-17-13-8-6-4-5-7-9-14-18-24(31)29-23(26(33)30-22)19-25(32)35-20-21-15-11-10-12-16-21/h5,7,10-12,15-16,22-23H,4,6,8-9,13-14,17-20H2,1-3H3,(H,29,31)(H,30,33)/b7-5-/t22-,23-/m0/s1. The molecular weight excluding hydrogens is 460 g/mol. The molecule has 1 aromatic rings. The molecule has 0 spiro atoms. The van der Waals surface area contributed by atoms with Gasteiger partial charge in [0.25, 0.3) is 0 Å². The molecule has 1 aliphatic heterocycles. The minimum atomic E-state index is -1.16. The maximum Gasteiger partial charge on any atom is 0.329 e. The Morgan fingerprint density at radius 1 is 0.944 bits per heavy atom. The van der Waals surface area contributed by atoms with Crippen LogP contribution in [0.5, 0.6) is 0 Å². The fourth-order valence-corrected chi connectivity index (χ4v) is 3.74. The van der Waals surface area contributed by atoms with E-state index in [4.69, 9.17) is 9.47 Å². The molecule has 0 radical (unpaired) electrons. The average Bonchev–Trinajstić information content (AvgIpc) is 2.81. The lowest BCUT2D eigenvalue weighted by molar-refractivity contribution is -0.159. The van der Waals surface area contributed by atoms with Crippen LogP contribution in [0.3, 0.4) is 0 Å². The maximum atomic E-state index is 13.2. The van der Waals surface area contributed by atoms with E-state index < -0.39 is 35.5 Å². The van der Waals surface area contributed by atoms with Gasteiger partial charge in [-0.25, -0.2) is 4.79 Å². The van der Waals surface area contributed by atoms with Gasteiger partial charge in [-0.05, 0) is 58.4 Å². The Labute approximate surface area is 214 Å². The predicted molar refractivity (Wildman–Crippen MR) is 137 cm³/mol. The van der Waals surface area contributed by atoms with Gasteiger partial charge in [0.2, 0.25) is 11.8 Å². The van der Waals surface area contributed by atoms with Crippen molar-refractivity contribution in [3.8, 4) is 0 Å². The minimum Gasteiger partial charge on any atom is -0.461 e. The molecule has 1 aliphatic rings. The lowest BCUT2D eigenvalue weighted by Gasteiger charge is -2.26. The Bertz CT molecular complexity index is 891. The number of hydrogen-bond donors (Lipinski definition) is 2. The van der Waals surface area contributed by atoms with E-state index in [-0.39, 0.29) is 25.4 Å². The first-order chi connectivity index (χ1) is 17.1. The van der Waals surface area contributed by atoms with E-state index in [0.29, 0.717) is 12.8 Å². The fraction of sp³-hybridized carbons (Fsp3) is 0.571. The first kappa shape index (κ1) is 29.1. The number of benzene rings is 1. The second-order valence-corrected chi connectivity index (χ2v) is 10.1. The molecule has 2 atom stereocenters. The highest BCUT2D eigenvalue weighted by Crippen LogP contribution is 2.14. The van der Waals surface area contributed by atoms with E-state index in [1.807, 2.05) is 30.3 Å². The third-order valence-corrected chi connectivity index (χ3v) is 5.58. The summed E-state index contributed by atoms with van der Waals surface area (Å²) >= 11 is 0. The fourth-order valence-electron chi connectivity index (χ4n) is 3.74. The highest BCUT2D eigenvalue weighted by Gasteiger charge is 2.31. The van der Waals surface area contributed by atoms with Gasteiger partial charge in [0.1, 0.15) is 24.3 Å². The quantitative estimate of drug-likeness (QED) is 0.465. The third-order valence-electron chi connectivity index (χ3n) is 5.58. The van der Waals surface area contributed by atoms with Crippen LogP contribution in [0, 0.1) is 0 Å². The molecule has 1 aromatic carbocycles. The van der Waals surface area contributed by atoms with Gasteiger partial charge in [-0.15, -0.1) is 0 Å². The van der Waals surface area contributed by atoms with E-state index in [9.17, 15) is 19.2 Å². The van der Waals surface area contributed by atoms with E-state index >= 15 is 0 Å². The molecule has 0 fully saturated rings. The molecule has 0 saturated heterocycles. The first-order valence-corrected chi connectivity index (χ1v) is 12.8. The van der Waals surface area contributed by atoms with Gasteiger partial charge in [-0.3, -0.25) is 14.4 Å². The number of rotatable bonds is 5. The van der Waals surface area contributed by atoms with Crippen LogP contribution in [-0.4, -0.2) is 41.4 Å². The summed E-state index contributed by atoms with van der Waals surface area (Å²) < 4.78 is 10.8. The Morgan fingerprint density at radius 2 is 1.64 bits per heavy atom. The van der Waals surface area contributed by atoms with Crippen molar-refractivity contribution in [2.24, 2.45) is 0 Å². The van der Waals surface area contributed by atoms with Gasteiger partial charge >= 0.3 is 11.9 Å². The molecule has 0 bridgehead atoms. The molecule has 8 nitrogen and oxygen atoms in total. The van der Waals surface area contributed by atoms with Crippen molar-refractivity contribution >= 4 is 23.8 Å². The van der Waals surface area contributed by atoms with Crippen molar-refractivity contribution in [3.05, 3.63) is 48.0 Å². The highest BCUT2D eigenvalue weighted by atomic mass is 16.6. The smallest absolute Gasteiger partial charge is 0.329 e. The number of amides is 2. The van der Waals surface area contributed by atoms with Crippen molar-refractivity contribution in [3.63, 3.8) is 0 Å². The van der Waals surface area contributed by atoms with Gasteiger partial charge in [0.05, 0.1) is 6.42 Å². The highest BCUT2D eigenvalue weighted by molar-refractivity contribution is 5.93. The Kier molecular flexibility index (Phi) is 12.2. The zero-order valence-corrected chi connectivity index (χ0v) is 21.7. The molecule has 0 aliphatic carbocycles. The molecule has 8 heteroatoms. The summed E-state index contributed by atoms with van der Waals surface area (Å²) in [6, 6.07) is 7.16. The van der Waals surface area contributed by atoms with Crippen LogP contribution in [0.4, 0.5) is 0 Å². The molecule has 198 valence electrons. The van der Waals surface area contributed by atoms with Crippen LogP contribution in [0.25, 0.3) is 0 Å². The number of carbonyl (C=O) groups is 4. The van der Waals surface area contributed by atoms with Crippen molar-refractivity contribution in [1.82, 2.24) is 10.6 Å². The summed E-state index contributed by atoms with van der Waals surface area (Å²) in [5.41, 5.74) is 0.104. The predicted octanol–water partition coefficient (Wildman–Crippen LogP) is 4.12. The van der Waals surface area contributed by atoms with Crippen LogP contribution in [-0.2, 0) is 35.3 Å². The summed E-state index contributed by atoms with van der Waals surface area (Å²) in [6.45, 7) is 5.36. The monoisotopic (exact) mass is 500 g/mol. The number of carbonyl (C=O) groups excluding carboxylic acids is 4. The molecule has 2 rings (SSSR count). The van der Waals surface area contributed by atoms with Crippen LogP contribution in [0.2, 0.25) is 0 Å². The van der Waals surface area contributed by atoms with Gasteiger partial charge in [-0.1, -0.05) is 55.3 Å². The summed E-state index contributed by atoms with van der Waals surface area (Å²) in [5.74, 6) is -2.10. The Hall–Kier alpha value is -3.16. The van der Waals surface area contributed by atoms with Crippen LogP contribution >= 0.6 is 0 Å². The molecule has 0 unspecified atom stereocenters. The molecule has 0 aromatic heterocycles. The third kappa shape index (κ3) is 12.0. The molecule has 2 N–H and O–H groups in total. The summed E-state index contributed by atoms with van der Waals surface area (Å²) in [6.07, 6.45) is 9.41. The van der Waals surface area contributed by atoms with E-state index in [1.54, 1.807) is 20.8 Å². The zero-order valence-electron chi connectivity index (χ0n) is 21.7. The van der Waals surface area contributed by atoms with Gasteiger partial charge in [0, 0.05) is 6.42 Å². The van der Waals surface area contributed by atoms with Gasteiger partial charge in [0.15, 0.2) is 0 Å². The maximum absolute atomic E-state index is 13.2. The van der Waals surface area contributed by atoms with Crippen molar-refractivity contribution in [2.75, 3.05) is 0 Å². The van der Waals surface area contributed by atoms with Crippen molar-refractivity contribution < 1.29 is 28.7 Å². The van der Waals surface area contributed by atoms with E-state index in [1.165, 1.54) is 0 Å². The summed E-state index contributed by atoms with van der Waals surface area (Å²) in [7, 11) is 0. The summed E-state index contributed by atoms with van der Waals surface area (Å²) in [4.78, 5) is 51.1. The number of nitrogens with one attached hydrogen (secondary N) is 2. The number of esters is 2. The zero-order chi connectivity index (χ0) is 26.4. The van der Waals surface area contributed by atoms with E-state index in [0.717, 1.165) is 37.7 Å². The van der Waals surface area contributed by atoms with Crippen LogP contribution in [0.1, 0.15) is 84.1 Å². The Morgan fingerprint density at radius 3 is 2.33 bits per heavy atom. The Balaban J connectivity index is 2.13. The topological polar surface area (TPSA) is 111 Å². The molecule has 36 heavy (non-hydrogen) atoms. The largest absolute Gasteiger partial charge is 0.461 e. The normalized spacial score (nSPS) is 21.5. The summed E-state index contributed by atoms with van der Waals surface area (Å²) in [5, 5.41) is 5.38. The van der Waals surface area contributed by atoms with Crippen LogP contribution < -0.4 is 10.6 Å². The molecular formula is C28H40N2O6. The molecule has 1 heterocycles. The lowest BCUT2D eigenvalue weighted by Crippen LogP contribution is -2.53. The molecule has 0 saturated carbocycles. The number of hydrogen-bond acceptors (Lipinski definition) is 6. The average molecular weight is 501 g/mol. The first-order valence-electron chi connectivity index (χ1n) is 12.8.